The molecular formula is C21H27N2O3+. The molecule has 0 aliphatic carbocycles. The summed E-state index contributed by atoms with van der Waals surface area (Å²) < 4.78 is 12.2. The summed E-state index contributed by atoms with van der Waals surface area (Å²) >= 11 is 0. The number of carbonyl (C=O) groups excluding carboxylic acids is 1. The molecule has 2 fully saturated rings. The van der Waals surface area contributed by atoms with Crippen LogP contribution in [-0.4, -0.2) is 42.9 Å². The molecule has 26 heavy (non-hydrogen) atoms. The standard InChI is InChI=1S/C21H27N2O3/c1-23(2)18-8-9-19(23)13-20(12-18)26-21(24)22(14-16-10-11-25-15-16)17-6-4-3-5-7-17/h3-7,10-11,15,18-20H,8-9,12-14H2,1-2H3/q+1/t18-,19+,20?. The smallest absolute Gasteiger partial charge is 0.414 e. The minimum atomic E-state index is -0.269. The zero-order valence-corrected chi connectivity index (χ0v) is 15.5. The van der Waals surface area contributed by atoms with Crippen molar-refractivity contribution in [2.24, 2.45) is 0 Å². The van der Waals surface area contributed by atoms with Crippen molar-refractivity contribution in [2.75, 3.05) is 19.0 Å². The summed E-state index contributed by atoms with van der Waals surface area (Å²) in [5.41, 5.74) is 1.79. The van der Waals surface area contributed by atoms with Crippen molar-refractivity contribution in [3.05, 3.63) is 54.5 Å². The predicted molar refractivity (Wildman–Crippen MR) is 99.8 cm³/mol. The summed E-state index contributed by atoms with van der Waals surface area (Å²) in [6.45, 7) is 0.445. The van der Waals surface area contributed by atoms with Crippen molar-refractivity contribution in [1.82, 2.24) is 0 Å². The Labute approximate surface area is 154 Å². The number of hydrogen-bond donors (Lipinski definition) is 0. The summed E-state index contributed by atoms with van der Waals surface area (Å²) in [7, 11) is 4.63. The molecule has 3 heterocycles. The molecule has 0 spiro atoms. The molecule has 1 aromatic carbocycles. The van der Waals surface area contributed by atoms with E-state index < -0.39 is 0 Å². The van der Waals surface area contributed by atoms with Gasteiger partial charge in [0, 0.05) is 36.9 Å². The SMILES string of the molecule is C[N+]1(C)[C@@H]2CC[C@H]1CC(OC(=O)N(Cc1ccoc1)c1ccccc1)C2. The average molecular weight is 355 g/mol. The minimum absolute atomic E-state index is 0.0155. The highest BCUT2D eigenvalue weighted by Gasteiger charge is 2.50. The number of hydrogen-bond acceptors (Lipinski definition) is 3. The first-order valence-electron chi connectivity index (χ1n) is 9.41. The topological polar surface area (TPSA) is 42.7 Å². The molecule has 1 unspecified atom stereocenters. The molecular weight excluding hydrogens is 328 g/mol. The van der Waals surface area contributed by atoms with E-state index in [9.17, 15) is 4.79 Å². The molecule has 0 N–H and O–H groups in total. The van der Waals surface area contributed by atoms with E-state index in [0.29, 0.717) is 18.6 Å². The molecule has 2 aromatic rings. The fourth-order valence-corrected chi connectivity index (χ4v) is 4.57. The molecule has 5 nitrogen and oxygen atoms in total. The van der Waals surface area contributed by atoms with Crippen LogP contribution in [0.3, 0.4) is 0 Å². The van der Waals surface area contributed by atoms with Gasteiger partial charge in [-0.3, -0.25) is 4.90 Å². The number of amides is 1. The summed E-state index contributed by atoms with van der Waals surface area (Å²) in [4.78, 5) is 14.7. The van der Waals surface area contributed by atoms with Gasteiger partial charge >= 0.3 is 6.09 Å². The molecule has 1 aromatic heterocycles. The number of fused-ring (bicyclic) bond motifs is 2. The Hall–Kier alpha value is -2.27. The largest absolute Gasteiger partial charge is 0.472 e. The maximum atomic E-state index is 13.0. The summed E-state index contributed by atoms with van der Waals surface area (Å²) in [5, 5.41) is 0. The van der Waals surface area contributed by atoms with Gasteiger partial charge in [-0.05, 0) is 18.2 Å². The fourth-order valence-electron chi connectivity index (χ4n) is 4.57. The van der Waals surface area contributed by atoms with Crippen molar-refractivity contribution < 1.29 is 18.4 Å². The molecule has 5 heteroatoms. The van der Waals surface area contributed by atoms with Crippen LogP contribution in [0.5, 0.6) is 0 Å². The van der Waals surface area contributed by atoms with Crippen LogP contribution in [0.25, 0.3) is 0 Å². The monoisotopic (exact) mass is 355 g/mol. The van der Waals surface area contributed by atoms with Gasteiger partial charge in [0.1, 0.15) is 6.10 Å². The molecule has 2 aliphatic heterocycles. The zero-order chi connectivity index (χ0) is 18.1. The summed E-state index contributed by atoms with van der Waals surface area (Å²) in [5.74, 6) is 0. The van der Waals surface area contributed by atoms with Crippen molar-refractivity contribution in [1.29, 1.82) is 0 Å². The third kappa shape index (κ3) is 3.23. The van der Waals surface area contributed by atoms with Crippen molar-refractivity contribution in [3.63, 3.8) is 0 Å². The van der Waals surface area contributed by atoms with Crippen molar-refractivity contribution >= 4 is 11.8 Å². The number of para-hydroxylation sites is 1. The first kappa shape index (κ1) is 17.2. The van der Waals surface area contributed by atoms with Gasteiger partial charge in [-0.15, -0.1) is 0 Å². The van der Waals surface area contributed by atoms with Gasteiger partial charge in [0.25, 0.3) is 0 Å². The third-order valence-corrected chi connectivity index (χ3v) is 6.26. The van der Waals surface area contributed by atoms with E-state index in [4.69, 9.17) is 9.15 Å². The van der Waals surface area contributed by atoms with Crippen LogP contribution in [0.4, 0.5) is 10.5 Å². The van der Waals surface area contributed by atoms with Gasteiger partial charge in [-0.25, -0.2) is 4.79 Å². The highest BCUT2D eigenvalue weighted by atomic mass is 16.6. The molecule has 138 valence electrons. The molecule has 4 rings (SSSR count). The van der Waals surface area contributed by atoms with E-state index in [2.05, 4.69) is 14.1 Å². The molecule has 1 amide bonds. The van der Waals surface area contributed by atoms with Gasteiger partial charge in [0.2, 0.25) is 0 Å². The van der Waals surface area contributed by atoms with Gasteiger partial charge in [-0.1, -0.05) is 18.2 Å². The van der Waals surface area contributed by atoms with E-state index in [-0.39, 0.29) is 12.2 Å². The Kier molecular flexibility index (Phi) is 4.49. The normalized spacial score (nSPS) is 26.5. The van der Waals surface area contributed by atoms with Crippen LogP contribution in [0.2, 0.25) is 0 Å². The Morgan fingerprint density at radius 2 is 1.85 bits per heavy atom. The van der Waals surface area contributed by atoms with Crippen LogP contribution in [0, 0.1) is 0 Å². The summed E-state index contributed by atoms with van der Waals surface area (Å²) in [6.07, 6.45) is 7.45. The molecule has 2 bridgehead atoms. The highest BCUT2D eigenvalue weighted by Crippen LogP contribution is 2.40. The zero-order valence-electron chi connectivity index (χ0n) is 15.5. The lowest BCUT2D eigenvalue weighted by molar-refractivity contribution is -0.931. The maximum Gasteiger partial charge on any atom is 0.414 e. The molecule has 2 aliphatic rings. The Morgan fingerprint density at radius 3 is 2.46 bits per heavy atom. The van der Waals surface area contributed by atoms with Crippen LogP contribution in [0.1, 0.15) is 31.2 Å². The number of piperidine rings is 1. The number of rotatable bonds is 4. The van der Waals surface area contributed by atoms with Gasteiger partial charge in [-0.2, -0.15) is 0 Å². The minimum Gasteiger partial charge on any atom is -0.472 e. The lowest BCUT2D eigenvalue weighted by atomic mass is 9.98. The number of anilines is 1. The second-order valence-corrected chi connectivity index (χ2v) is 8.04. The third-order valence-electron chi connectivity index (χ3n) is 6.26. The molecule has 3 atom stereocenters. The molecule has 0 radical (unpaired) electrons. The van der Waals surface area contributed by atoms with Crippen molar-refractivity contribution in [2.45, 2.75) is 50.4 Å². The quantitative estimate of drug-likeness (QED) is 0.772. The lowest BCUT2D eigenvalue weighted by Gasteiger charge is -2.44. The molecule has 2 saturated heterocycles. The van der Waals surface area contributed by atoms with Crippen LogP contribution in [-0.2, 0) is 11.3 Å². The van der Waals surface area contributed by atoms with E-state index in [1.807, 2.05) is 36.4 Å². The lowest BCUT2D eigenvalue weighted by Crippen LogP contribution is -2.56. The Morgan fingerprint density at radius 1 is 1.15 bits per heavy atom. The number of quaternary nitrogens is 1. The first-order chi connectivity index (χ1) is 12.5. The summed E-state index contributed by atoms with van der Waals surface area (Å²) in [6, 6.07) is 12.8. The van der Waals surface area contributed by atoms with E-state index in [1.165, 1.54) is 12.8 Å². The number of nitrogens with zero attached hydrogens (tertiary/aromatic N) is 2. The van der Waals surface area contributed by atoms with E-state index in [1.54, 1.807) is 17.4 Å². The fraction of sp³-hybridized carbons (Fsp3) is 0.476. The van der Waals surface area contributed by atoms with Gasteiger partial charge < -0.3 is 13.6 Å². The highest BCUT2D eigenvalue weighted by molar-refractivity contribution is 5.87. The molecule has 0 saturated carbocycles. The van der Waals surface area contributed by atoms with Crippen LogP contribution in [0.15, 0.2) is 53.3 Å². The van der Waals surface area contributed by atoms with E-state index >= 15 is 0 Å². The first-order valence-corrected chi connectivity index (χ1v) is 9.41. The van der Waals surface area contributed by atoms with Gasteiger partial charge in [0.05, 0.1) is 45.3 Å². The number of ether oxygens (including phenoxy) is 1. The Bertz CT molecular complexity index is 726. The van der Waals surface area contributed by atoms with Crippen molar-refractivity contribution in [3.8, 4) is 0 Å². The second-order valence-electron chi connectivity index (χ2n) is 8.04. The van der Waals surface area contributed by atoms with Crippen LogP contribution < -0.4 is 4.90 Å². The predicted octanol–water partition coefficient (Wildman–Crippen LogP) is 4.19. The van der Waals surface area contributed by atoms with Crippen LogP contribution >= 0.6 is 0 Å². The second kappa shape index (κ2) is 6.80. The Balaban J connectivity index is 1.48. The van der Waals surface area contributed by atoms with E-state index in [0.717, 1.165) is 28.6 Å². The number of furan rings is 1. The van der Waals surface area contributed by atoms with Gasteiger partial charge in [0.15, 0.2) is 0 Å². The number of benzene rings is 1. The maximum absolute atomic E-state index is 13.0. The average Bonchev–Trinajstić information content (AvgIpc) is 3.16. The number of carbonyl (C=O) groups is 1.